The average molecular weight is 201 g/mol. The summed E-state index contributed by atoms with van der Waals surface area (Å²) in [4.78, 5) is 12.9. The quantitative estimate of drug-likeness (QED) is 0.417. The van der Waals surface area contributed by atoms with Crippen LogP contribution in [0.15, 0.2) is 17.1 Å². The summed E-state index contributed by atoms with van der Waals surface area (Å²) >= 11 is 0. The van der Waals surface area contributed by atoms with Crippen molar-refractivity contribution in [3.8, 4) is 0 Å². The van der Waals surface area contributed by atoms with Gasteiger partial charge in [-0.15, -0.1) is 0 Å². The normalized spacial score (nSPS) is 9.64. The van der Waals surface area contributed by atoms with Gasteiger partial charge in [0.1, 0.15) is 0 Å². The number of aliphatic imine (C=N–C) groups is 1. The van der Waals surface area contributed by atoms with Crippen LogP contribution in [0.25, 0.3) is 0 Å². The molecular formula is C9H6F3NO. The van der Waals surface area contributed by atoms with Crippen LogP contribution >= 0.6 is 0 Å². The van der Waals surface area contributed by atoms with E-state index in [0.717, 1.165) is 12.1 Å². The van der Waals surface area contributed by atoms with Gasteiger partial charge in [-0.05, 0) is 18.1 Å². The van der Waals surface area contributed by atoms with Crippen molar-refractivity contribution in [1.29, 1.82) is 0 Å². The molecule has 0 saturated carbocycles. The van der Waals surface area contributed by atoms with Gasteiger partial charge in [-0.25, -0.2) is 23.0 Å². The highest BCUT2D eigenvalue weighted by Gasteiger charge is 2.12. The minimum absolute atomic E-state index is 0.00545. The molecular weight excluding hydrogens is 195 g/mol. The summed E-state index contributed by atoms with van der Waals surface area (Å²) < 4.78 is 38.0. The van der Waals surface area contributed by atoms with E-state index in [4.69, 9.17) is 0 Å². The van der Waals surface area contributed by atoms with Crippen LogP contribution in [0.3, 0.4) is 0 Å². The van der Waals surface area contributed by atoms with Crippen molar-refractivity contribution in [2.24, 2.45) is 4.99 Å². The minimum Gasteiger partial charge on any atom is -0.211 e. The van der Waals surface area contributed by atoms with Crippen molar-refractivity contribution in [3.05, 3.63) is 35.1 Å². The van der Waals surface area contributed by atoms with Crippen LogP contribution in [-0.2, 0) is 11.2 Å². The number of nitrogens with zero attached hydrogens (tertiary/aromatic N) is 1. The number of hydrogen-bond donors (Lipinski definition) is 0. The Bertz CT molecular complexity index is 386. The van der Waals surface area contributed by atoms with Crippen molar-refractivity contribution in [1.82, 2.24) is 0 Å². The predicted octanol–water partition coefficient (Wildman–Crippen LogP) is 1.98. The number of benzene rings is 1. The highest BCUT2D eigenvalue weighted by Crippen LogP contribution is 2.15. The smallest absolute Gasteiger partial charge is 0.211 e. The molecule has 0 aliphatic heterocycles. The van der Waals surface area contributed by atoms with Crippen LogP contribution in [0.4, 0.5) is 13.2 Å². The van der Waals surface area contributed by atoms with Crippen LogP contribution in [-0.4, -0.2) is 12.6 Å². The Labute approximate surface area is 78.1 Å². The first kappa shape index (κ1) is 10.5. The molecule has 1 rings (SSSR count). The summed E-state index contributed by atoms with van der Waals surface area (Å²) in [6, 6.07) is 1.95. The lowest BCUT2D eigenvalue weighted by molar-refractivity contribution is 0.441. The van der Waals surface area contributed by atoms with Gasteiger partial charge in [0, 0.05) is 0 Å². The Morgan fingerprint density at radius 2 is 1.93 bits per heavy atom. The van der Waals surface area contributed by atoms with Gasteiger partial charge in [-0.3, -0.25) is 0 Å². The molecule has 0 atom stereocenters. The van der Waals surface area contributed by atoms with E-state index in [1.54, 1.807) is 0 Å². The van der Waals surface area contributed by atoms with Crippen LogP contribution in [0.1, 0.15) is 5.56 Å². The van der Waals surface area contributed by atoms with Gasteiger partial charge in [-0.1, -0.05) is 6.07 Å². The summed E-state index contributed by atoms with van der Waals surface area (Å²) in [5.74, 6) is -3.96. The SMILES string of the molecule is O=C=NCCc1ccc(F)c(F)c1F. The molecule has 0 unspecified atom stereocenters. The number of rotatable bonds is 3. The van der Waals surface area contributed by atoms with E-state index in [-0.39, 0.29) is 18.5 Å². The van der Waals surface area contributed by atoms with Crippen molar-refractivity contribution in [2.75, 3.05) is 6.54 Å². The first-order chi connectivity index (χ1) is 6.66. The summed E-state index contributed by atoms with van der Waals surface area (Å²) in [6.07, 6.45) is 1.31. The number of carbonyl (C=O) groups excluding carboxylic acids is 1. The van der Waals surface area contributed by atoms with Crippen LogP contribution in [0, 0.1) is 17.5 Å². The zero-order valence-electron chi connectivity index (χ0n) is 7.06. The van der Waals surface area contributed by atoms with Crippen molar-refractivity contribution >= 4 is 6.08 Å². The van der Waals surface area contributed by atoms with E-state index in [1.165, 1.54) is 6.08 Å². The van der Waals surface area contributed by atoms with Crippen molar-refractivity contribution in [2.45, 2.75) is 6.42 Å². The highest BCUT2D eigenvalue weighted by atomic mass is 19.2. The Balaban J connectivity index is 2.88. The maximum Gasteiger partial charge on any atom is 0.234 e. The molecule has 0 saturated heterocycles. The fraction of sp³-hybridized carbons (Fsp3) is 0.222. The maximum atomic E-state index is 12.9. The predicted molar refractivity (Wildman–Crippen MR) is 43.0 cm³/mol. The number of hydrogen-bond acceptors (Lipinski definition) is 2. The fourth-order valence-corrected chi connectivity index (χ4v) is 0.981. The Morgan fingerprint density at radius 1 is 1.21 bits per heavy atom. The van der Waals surface area contributed by atoms with Gasteiger partial charge in [0.15, 0.2) is 17.5 Å². The van der Waals surface area contributed by atoms with E-state index in [0.29, 0.717) is 0 Å². The van der Waals surface area contributed by atoms with Gasteiger partial charge in [0.05, 0.1) is 6.54 Å². The summed E-state index contributed by atoms with van der Waals surface area (Å²) in [6.45, 7) is 0.00545. The molecule has 0 N–H and O–H groups in total. The monoisotopic (exact) mass is 201 g/mol. The molecule has 0 radical (unpaired) electrons. The molecule has 0 aliphatic rings. The lowest BCUT2D eigenvalue weighted by atomic mass is 10.1. The largest absolute Gasteiger partial charge is 0.234 e. The van der Waals surface area contributed by atoms with Crippen LogP contribution in [0.2, 0.25) is 0 Å². The lowest BCUT2D eigenvalue weighted by Gasteiger charge is -2.01. The van der Waals surface area contributed by atoms with Crippen molar-refractivity contribution in [3.63, 3.8) is 0 Å². The molecule has 0 fully saturated rings. The third kappa shape index (κ3) is 2.20. The lowest BCUT2D eigenvalue weighted by Crippen LogP contribution is -1.99. The molecule has 0 aromatic heterocycles. The topological polar surface area (TPSA) is 29.4 Å². The molecule has 5 heteroatoms. The van der Waals surface area contributed by atoms with Gasteiger partial charge < -0.3 is 0 Å². The maximum absolute atomic E-state index is 12.9. The first-order valence-electron chi connectivity index (χ1n) is 3.83. The van der Waals surface area contributed by atoms with E-state index in [2.05, 4.69) is 4.99 Å². The number of isocyanates is 1. The van der Waals surface area contributed by atoms with Gasteiger partial charge in [0.2, 0.25) is 6.08 Å². The van der Waals surface area contributed by atoms with Gasteiger partial charge >= 0.3 is 0 Å². The molecule has 2 nitrogen and oxygen atoms in total. The summed E-state index contributed by atoms with van der Waals surface area (Å²) in [5.41, 5.74) is -0.0112. The van der Waals surface area contributed by atoms with E-state index in [1.807, 2.05) is 0 Å². The zero-order chi connectivity index (χ0) is 10.6. The molecule has 74 valence electrons. The zero-order valence-corrected chi connectivity index (χ0v) is 7.06. The first-order valence-corrected chi connectivity index (χ1v) is 3.83. The molecule has 0 heterocycles. The van der Waals surface area contributed by atoms with E-state index in [9.17, 15) is 18.0 Å². The second-order valence-corrected chi connectivity index (χ2v) is 2.56. The average Bonchev–Trinajstić information content (AvgIpc) is 2.18. The third-order valence-electron chi connectivity index (χ3n) is 1.67. The summed E-state index contributed by atoms with van der Waals surface area (Å²) in [5, 5.41) is 0. The molecule has 0 spiro atoms. The van der Waals surface area contributed by atoms with Gasteiger partial charge in [0.25, 0.3) is 0 Å². The van der Waals surface area contributed by atoms with E-state index >= 15 is 0 Å². The summed E-state index contributed by atoms with van der Waals surface area (Å²) in [7, 11) is 0. The molecule has 0 amide bonds. The molecule has 14 heavy (non-hydrogen) atoms. The second kappa shape index (κ2) is 4.58. The number of halogens is 3. The highest BCUT2D eigenvalue weighted by molar-refractivity contribution is 5.33. The van der Waals surface area contributed by atoms with Crippen LogP contribution < -0.4 is 0 Å². The van der Waals surface area contributed by atoms with E-state index < -0.39 is 17.5 Å². The van der Waals surface area contributed by atoms with Crippen molar-refractivity contribution < 1.29 is 18.0 Å². The minimum atomic E-state index is -1.50. The van der Waals surface area contributed by atoms with Gasteiger partial charge in [-0.2, -0.15) is 0 Å². The molecule has 0 aliphatic carbocycles. The molecule has 1 aromatic carbocycles. The Morgan fingerprint density at radius 3 is 2.57 bits per heavy atom. The Hall–Kier alpha value is -1.61. The molecule has 0 bridgehead atoms. The fourth-order valence-electron chi connectivity index (χ4n) is 0.981. The Kier molecular flexibility index (Phi) is 3.42. The second-order valence-electron chi connectivity index (χ2n) is 2.56. The molecule has 1 aromatic rings. The standard InChI is InChI=1S/C9H6F3NO/c10-7-2-1-6(3-4-13-5-14)8(11)9(7)12/h1-2H,3-4H2. The van der Waals surface area contributed by atoms with Crippen LogP contribution in [0.5, 0.6) is 0 Å². The third-order valence-corrected chi connectivity index (χ3v) is 1.67.